The van der Waals surface area contributed by atoms with Crippen LogP contribution in [0, 0.1) is 0 Å². The number of nitrogens with one attached hydrogen (secondary N) is 2. The van der Waals surface area contributed by atoms with Gasteiger partial charge in [0, 0.05) is 37.3 Å². The van der Waals surface area contributed by atoms with Crippen LogP contribution in [0.3, 0.4) is 0 Å². The third-order valence-electron chi connectivity index (χ3n) is 5.43. The third kappa shape index (κ3) is 3.97. The summed E-state index contributed by atoms with van der Waals surface area (Å²) in [5.41, 5.74) is 1.94. The van der Waals surface area contributed by atoms with Crippen molar-refractivity contribution < 1.29 is 9.53 Å². The molecule has 28 heavy (non-hydrogen) atoms. The molecule has 1 unspecified atom stereocenters. The summed E-state index contributed by atoms with van der Waals surface area (Å²) in [4.78, 5) is 20.7. The van der Waals surface area contributed by atoms with Crippen LogP contribution in [0.4, 0.5) is 5.69 Å². The van der Waals surface area contributed by atoms with Gasteiger partial charge < -0.3 is 15.0 Å². The fourth-order valence-electron chi connectivity index (χ4n) is 3.87. The van der Waals surface area contributed by atoms with Crippen molar-refractivity contribution in [2.45, 2.75) is 24.9 Å². The molecule has 0 aliphatic carbocycles. The predicted molar refractivity (Wildman–Crippen MR) is 113 cm³/mol. The van der Waals surface area contributed by atoms with Crippen molar-refractivity contribution >= 4 is 28.8 Å². The molecule has 148 valence electrons. The van der Waals surface area contributed by atoms with Crippen LogP contribution in [0.1, 0.15) is 16.9 Å². The lowest BCUT2D eigenvalue weighted by atomic mass is 9.96. The minimum atomic E-state index is -0.349. The number of thiophene rings is 1. The van der Waals surface area contributed by atoms with E-state index >= 15 is 0 Å². The van der Waals surface area contributed by atoms with Crippen molar-refractivity contribution in [3.8, 4) is 0 Å². The van der Waals surface area contributed by atoms with Crippen LogP contribution in [0.25, 0.3) is 0 Å². The van der Waals surface area contributed by atoms with Gasteiger partial charge in [-0.2, -0.15) is 0 Å². The quantitative estimate of drug-likeness (QED) is 0.760. The normalized spacial score (nSPS) is 22.9. The molecule has 2 aliphatic heterocycles. The SMILES string of the molecule is COCCN=C1Nc2ccccc2CNC12CCN(C(=O)Cc1cccs1)C2. The van der Waals surface area contributed by atoms with Crippen LogP contribution in [0.2, 0.25) is 0 Å². The molecule has 1 atom stereocenters. The van der Waals surface area contributed by atoms with Crippen LogP contribution in [0.15, 0.2) is 46.8 Å². The predicted octanol–water partition coefficient (Wildman–Crippen LogP) is 2.52. The zero-order valence-corrected chi connectivity index (χ0v) is 16.9. The van der Waals surface area contributed by atoms with E-state index in [0.717, 1.165) is 35.9 Å². The highest BCUT2D eigenvalue weighted by Gasteiger charge is 2.45. The zero-order chi connectivity index (χ0) is 19.4. The van der Waals surface area contributed by atoms with E-state index in [9.17, 15) is 4.79 Å². The summed E-state index contributed by atoms with van der Waals surface area (Å²) in [6.45, 7) is 3.28. The number of likely N-dealkylation sites (tertiary alicyclic amines) is 1. The minimum absolute atomic E-state index is 0.180. The maximum atomic E-state index is 12.8. The lowest BCUT2D eigenvalue weighted by Gasteiger charge is -2.30. The Morgan fingerprint density at radius 3 is 3.04 bits per heavy atom. The average molecular weight is 399 g/mol. The summed E-state index contributed by atoms with van der Waals surface area (Å²) in [6, 6.07) is 12.3. The number of methoxy groups -OCH3 is 1. The molecule has 1 aromatic carbocycles. The second kappa shape index (κ2) is 8.43. The van der Waals surface area contributed by atoms with Gasteiger partial charge >= 0.3 is 0 Å². The first-order chi connectivity index (χ1) is 13.7. The van der Waals surface area contributed by atoms with E-state index in [0.29, 0.717) is 26.1 Å². The van der Waals surface area contributed by atoms with Crippen molar-refractivity contribution in [3.63, 3.8) is 0 Å². The Labute approximate surface area is 169 Å². The number of nitrogens with zero attached hydrogens (tertiary/aromatic N) is 2. The molecule has 4 rings (SSSR count). The lowest BCUT2D eigenvalue weighted by Crippen LogP contribution is -2.55. The van der Waals surface area contributed by atoms with E-state index in [1.54, 1.807) is 18.4 Å². The molecule has 6 nitrogen and oxygen atoms in total. The summed E-state index contributed by atoms with van der Waals surface area (Å²) >= 11 is 1.63. The molecule has 3 heterocycles. The molecule has 1 amide bonds. The summed E-state index contributed by atoms with van der Waals surface area (Å²) in [6.07, 6.45) is 1.31. The van der Waals surface area contributed by atoms with Gasteiger partial charge in [-0.25, -0.2) is 0 Å². The van der Waals surface area contributed by atoms with Crippen LogP contribution >= 0.6 is 11.3 Å². The summed E-state index contributed by atoms with van der Waals surface area (Å²) in [7, 11) is 1.69. The smallest absolute Gasteiger partial charge is 0.227 e. The second-order valence-corrected chi connectivity index (χ2v) is 8.29. The highest BCUT2D eigenvalue weighted by Crippen LogP contribution is 2.30. The van der Waals surface area contributed by atoms with E-state index in [4.69, 9.17) is 9.73 Å². The van der Waals surface area contributed by atoms with Gasteiger partial charge in [-0.1, -0.05) is 24.3 Å². The largest absolute Gasteiger partial charge is 0.383 e. The monoisotopic (exact) mass is 398 g/mol. The molecule has 2 N–H and O–H groups in total. The number of amides is 1. The van der Waals surface area contributed by atoms with Crippen LogP contribution in [-0.2, 0) is 22.5 Å². The van der Waals surface area contributed by atoms with E-state index in [1.807, 2.05) is 34.5 Å². The molecule has 1 fully saturated rings. The first-order valence-corrected chi connectivity index (χ1v) is 10.5. The Morgan fingerprint density at radius 2 is 2.21 bits per heavy atom. The third-order valence-corrected chi connectivity index (χ3v) is 6.31. The number of ether oxygens (including phenoxy) is 1. The maximum absolute atomic E-state index is 12.8. The molecule has 2 aromatic rings. The van der Waals surface area contributed by atoms with Gasteiger partial charge in [-0.05, 0) is 29.5 Å². The van der Waals surface area contributed by atoms with Crippen LogP contribution in [-0.4, -0.2) is 55.5 Å². The number of aliphatic imine (C=N–C) groups is 1. The van der Waals surface area contributed by atoms with Crippen LogP contribution < -0.4 is 10.6 Å². The molecule has 0 radical (unpaired) electrons. The lowest BCUT2D eigenvalue weighted by molar-refractivity contribution is -0.129. The number of amidine groups is 1. The number of para-hydroxylation sites is 1. The summed E-state index contributed by atoms with van der Waals surface area (Å²) in [5, 5.41) is 9.28. The summed E-state index contributed by atoms with van der Waals surface area (Å²) in [5.74, 6) is 1.08. The first-order valence-electron chi connectivity index (χ1n) is 9.64. The molecular weight excluding hydrogens is 372 g/mol. The van der Waals surface area contributed by atoms with Crippen molar-refractivity contribution in [2.24, 2.45) is 4.99 Å². The fraction of sp³-hybridized carbons (Fsp3) is 0.429. The molecule has 1 aromatic heterocycles. The molecular formula is C21H26N4O2S. The Balaban J connectivity index is 1.55. The van der Waals surface area contributed by atoms with E-state index in [1.165, 1.54) is 5.56 Å². The number of rotatable bonds is 5. The molecule has 1 saturated heterocycles. The maximum Gasteiger partial charge on any atom is 0.227 e. The molecule has 1 spiro atoms. The van der Waals surface area contributed by atoms with Gasteiger partial charge in [0.15, 0.2) is 0 Å². The van der Waals surface area contributed by atoms with Gasteiger partial charge in [0.25, 0.3) is 0 Å². The number of hydrogen-bond acceptors (Lipinski definition) is 5. The van der Waals surface area contributed by atoms with Crippen molar-refractivity contribution in [1.29, 1.82) is 0 Å². The molecule has 2 aliphatic rings. The van der Waals surface area contributed by atoms with Gasteiger partial charge in [-0.3, -0.25) is 15.1 Å². The molecule has 7 heteroatoms. The molecule has 0 bridgehead atoms. The number of hydrogen-bond donors (Lipinski definition) is 2. The number of carbonyl (C=O) groups is 1. The highest BCUT2D eigenvalue weighted by molar-refractivity contribution is 7.10. The Morgan fingerprint density at radius 1 is 1.32 bits per heavy atom. The van der Waals surface area contributed by atoms with Crippen molar-refractivity contribution in [2.75, 3.05) is 38.7 Å². The first kappa shape index (κ1) is 19.1. The van der Waals surface area contributed by atoms with E-state index in [2.05, 4.69) is 22.8 Å². The zero-order valence-electron chi connectivity index (χ0n) is 16.1. The second-order valence-electron chi connectivity index (χ2n) is 7.26. The highest BCUT2D eigenvalue weighted by atomic mass is 32.1. The van der Waals surface area contributed by atoms with Gasteiger partial charge in [-0.15, -0.1) is 11.3 Å². The number of benzene rings is 1. The van der Waals surface area contributed by atoms with E-state index < -0.39 is 0 Å². The van der Waals surface area contributed by atoms with Crippen molar-refractivity contribution in [3.05, 3.63) is 52.2 Å². The summed E-state index contributed by atoms with van der Waals surface area (Å²) < 4.78 is 5.18. The van der Waals surface area contributed by atoms with Crippen LogP contribution in [0.5, 0.6) is 0 Å². The number of fused-ring (bicyclic) bond motifs is 1. The van der Waals surface area contributed by atoms with Gasteiger partial charge in [0.2, 0.25) is 5.91 Å². The Hall–Kier alpha value is -2.22. The number of carbonyl (C=O) groups excluding carboxylic acids is 1. The van der Waals surface area contributed by atoms with Crippen molar-refractivity contribution in [1.82, 2.24) is 10.2 Å². The fourth-order valence-corrected chi connectivity index (χ4v) is 4.56. The standard InChI is InChI=1S/C21H26N4O2S/c1-27-11-9-22-20-21(23-14-16-5-2-3-7-18(16)24-20)8-10-25(15-21)19(26)13-17-6-4-12-28-17/h2-7,12,23H,8-11,13-15H2,1H3,(H,22,24). The number of anilines is 1. The Bertz CT molecular complexity index is 852. The minimum Gasteiger partial charge on any atom is -0.383 e. The van der Waals surface area contributed by atoms with E-state index in [-0.39, 0.29) is 11.4 Å². The van der Waals surface area contributed by atoms with Gasteiger partial charge in [0.05, 0.1) is 25.1 Å². The average Bonchev–Trinajstić information content (AvgIpc) is 3.34. The molecule has 0 saturated carbocycles. The topological polar surface area (TPSA) is 66.0 Å². The Kier molecular flexibility index (Phi) is 5.75. The van der Waals surface area contributed by atoms with Gasteiger partial charge in [0.1, 0.15) is 5.84 Å².